The molecule has 1 atom stereocenters. The summed E-state index contributed by atoms with van der Waals surface area (Å²) in [7, 11) is 0. The van der Waals surface area contributed by atoms with E-state index in [2.05, 4.69) is 4.98 Å². The van der Waals surface area contributed by atoms with Crippen molar-refractivity contribution in [2.24, 2.45) is 5.73 Å². The zero-order valence-electron chi connectivity index (χ0n) is 11.2. The van der Waals surface area contributed by atoms with E-state index in [4.69, 9.17) is 10.5 Å². The van der Waals surface area contributed by atoms with E-state index in [1.54, 1.807) is 25.3 Å². The average molecular weight is 273 g/mol. The number of hydrogen-bond acceptors (Lipinski definition) is 5. The first-order chi connectivity index (χ1) is 9.47. The second kappa shape index (κ2) is 5.66. The summed E-state index contributed by atoms with van der Waals surface area (Å²) in [5.74, 6) is 0.946. The van der Waals surface area contributed by atoms with E-state index >= 15 is 0 Å². The third-order valence-electron chi connectivity index (χ3n) is 2.87. The van der Waals surface area contributed by atoms with E-state index in [0.29, 0.717) is 17.2 Å². The zero-order chi connectivity index (χ0) is 14.7. The van der Waals surface area contributed by atoms with Crippen LogP contribution in [0.4, 0.5) is 5.69 Å². The number of nitro benzene ring substituents is 1. The molecule has 0 saturated carbocycles. The van der Waals surface area contributed by atoms with E-state index < -0.39 is 4.92 Å². The van der Waals surface area contributed by atoms with Crippen LogP contribution < -0.4 is 10.5 Å². The van der Waals surface area contributed by atoms with Gasteiger partial charge < -0.3 is 10.5 Å². The number of nitrogens with two attached hydrogens (primary N) is 1. The lowest BCUT2D eigenvalue weighted by molar-refractivity contribution is -0.384. The van der Waals surface area contributed by atoms with Crippen LogP contribution in [0.15, 0.2) is 36.5 Å². The van der Waals surface area contributed by atoms with Crippen LogP contribution in [-0.4, -0.2) is 9.91 Å². The number of nitrogens with zero attached hydrogens (tertiary/aromatic N) is 2. The Morgan fingerprint density at radius 3 is 2.70 bits per heavy atom. The van der Waals surface area contributed by atoms with Gasteiger partial charge >= 0.3 is 0 Å². The Labute approximate surface area is 116 Å². The highest BCUT2D eigenvalue weighted by Crippen LogP contribution is 2.27. The van der Waals surface area contributed by atoms with Crippen LogP contribution in [0.25, 0.3) is 0 Å². The molecule has 0 unspecified atom stereocenters. The van der Waals surface area contributed by atoms with E-state index in [1.807, 2.05) is 13.0 Å². The molecule has 104 valence electrons. The SMILES string of the molecule is Cc1cc([N+](=O)[O-])ccc1Oc1cc([C@H](C)N)ccn1. The normalized spacial score (nSPS) is 11.9. The molecule has 0 saturated heterocycles. The van der Waals surface area contributed by atoms with Crippen molar-refractivity contribution in [3.63, 3.8) is 0 Å². The van der Waals surface area contributed by atoms with Crippen molar-refractivity contribution in [1.29, 1.82) is 0 Å². The molecule has 2 rings (SSSR count). The summed E-state index contributed by atoms with van der Waals surface area (Å²) in [4.78, 5) is 14.3. The molecule has 20 heavy (non-hydrogen) atoms. The molecular formula is C14H15N3O3. The summed E-state index contributed by atoms with van der Waals surface area (Å²) in [6, 6.07) is 7.89. The van der Waals surface area contributed by atoms with E-state index in [9.17, 15) is 10.1 Å². The Bertz CT molecular complexity index is 641. The maximum Gasteiger partial charge on any atom is 0.269 e. The molecule has 0 aliphatic heterocycles. The Balaban J connectivity index is 2.26. The maximum absolute atomic E-state index is 10.7. The van der Waals surface area contributed by atoms with Crippen molar-refractivity contribution in [1.82, 2.24) is 4.98 Å². The van der Waals surface area contributed by atoms with Crippen molar-refractivity contribution in [3.8, 4) is 11.6 Å². The van der Waals surface area contributed by atoms with Crippen LogP contribution in [0.5, 0.6) is 11.6 Å². The van der Waals surface area contributed by atoms with Gasteiger partial charge in [0.1, 0.15) is 5.75 Å². The lowest BCUT2D eigenvalue weighted by Crippen LogP contribution is -2.05. The Kier molecular flexibility index (Phi) is 3.95. The molecule has 0 amide bonds. The molecule has 0 radical (unpaired) electrons. The predicted octanol–water partition coefficient (Wildman–Crippen LogP) is 3.11. The number of aromatic nitrogens is 1. The van der Waals surface area contributed by atoms with Gasteiger partial charge in [0.25, 0.3) is 5.69 Å². The topological polar surface area (TPSA) is 91.3 Å². The predicted molar refractivity (Wildman–Crippen MR) is 74.7 cm³/mol. The lowest BCUT2D eigenvalue weighted by atomic mass is 10.1. The van der Waals surface area contributed by atoms with E-state index in [0.717, 1.165) is 5.56 Å². The molecule has 0 spiro atoms. The van der Waals surface area contributed by atoms with Crippen LogP contribution >= 0.6 is 0 Å². The standard InChI is InChI=1S/C14H15N3O3/c1-9-7-12(17(18)19)3-4-13(9)20-14-8-11(10(2)15)5-6-16-14/h3-8,10H,15H2,1-2H3/t10-/m0/s1. The summed E-state index contributed by atoms with van der Waals surface area (Å²) in [5.41, 5.74) is 7.42. The van der Waals surface area contributed by atoms with Gasteiger partial charge in [-0.05, 0) is 37.1 Å². The van der Waals surface area contributed by atoms with Gasteiger partial charge in [-0.2, -0.15) is 0 Å². The third kappa shape index (κ3) is 3.10. The van der Waals surface area contributed by atoms with E-state index in [-0.39, 0.29) is 11.7 Å². The number of benzene rings is 1. The van der Waals surface area contributed by atoms with Gasteiger partial charge in [0.15, 0.2) is 0 Å². The van der Waals surface area contributed by atoms with Crippen LogP contribution in [0.1, 0.15) is 24.1 Å². The molecule has 2 N–H and O–H groups in total. The van der Waals surface area contributed by atoms with Crippen molar-refractivity contribution in [3.05, 3.63) is 57.8 Å². The molecule has 1 heterocycles. The van der Waals surface area contributed by atoms with Gasteiger partial charge in [0.2, 0.25) is 5.88 Å². The highest BCUT2D eigenvalue weighted by Gasteiger charge is 2.10. The molecule has 1 aromatic carbocycles. The minimum absolute atomic E-state index is 0.0344. The van der Waals surface area contributed by atoms with Gasteiger partial charge in [-0.3, -0.25) is 10.1 Å². The number of nitro groups is 1. The van der Waals surface area contributed by atoms with Gasteiger partial charge in [-0.25, -0.2) is 4.98 Å². The Hall–Kier alpha value is -2.47. The Morgan fingerprint density at radius 1 is 1.35 bits per heavy atom. The first-order valence-corrected chi connectivity index (χ1v) is 6.12. The first kappa shape index (κ1) is 14.0. The van der Waals surface area contributed by atoms with Crippen molar-refractivity contribution in [2.75, 3.05) is 0 Å². The van der Waals surface area contributed by atoms with Gasteiger partial charge in [-0.1, -0.05) is 0 Å². The number of rotatable bonds is 4. The number of aryl methyl sites for hydroxylation is 1. The second-order valence-corrected chi connectivity index (χ2v) is 4.53. The number of non-ortho nitro benzene ring substituents is 1. The molecule has 0 bridgehead atoms. The zero-order valence-corrected chi connectivity index (χ0v) is 11.2. The fourth-order valence-corrected chi connectivity index (χ4v) is 1.74. The molecule has 1 aromatic heterocycles. The maximum atomic E-state index is 10.7. The minimum atomic E-state index is -0.439. The molecule has 6 nitrogen and oxygen atoms in total. The average Bonchev–Trinajstić information content (AvgIpc) is 2.41. The molecule has 2 aromatic rings. The quantitative estimate of drug-likeness (QED) is 0.682. The number of ether oxygens (including phenoxy) is 1. The molecule has 6 heteroatoms. The number of hydrogen-bond donors (Lipinski definition) is 1. The monoisotopic (exact) mass is 273 g/mol. The second-order valence-electron chi connectivity index (χ2n) is 4.53. The first-order valence-electron chi connectivity index (χ1n) is 6.12. The summed E-state index contributed by atoms with van der Waals surface area (Å²) < 4.78 is 5.65. The summed E-state index contributed by atoms with van der Waals surface area (Å²) >= 11 is 0. The highest BCUT2D eigenvalue weighted by molar-refractivity contribution is 5.44. The molecule has 0 aliphatic carbocycles. The van der Waals surface area contributed by atoms with Gasteiger partial charge in [0.05, 0.1) is 4.92 Å². The molecule has 0 aliphatic rings. The summed E-state index contributed by atoms with van der Waals surface area (Å²) in [6.07, 6.45) is 1.62. The van der Waals surface area contributed by atoms with Crippen LogP contribution in [0, 0.1) is 17.0 Å². The summed E-state index contributed by atoms with van der Waals surface area (Å²) in [6.45, 7) is 3.62. The minimum Gasteiger partial charge on any atom is -0.439 e. The summed E-state index contributed by atoms with van der Waals surface area (Å²) in [5, 5.41) is 10.7. The van der Waals surface area contributed by atoms with Crippen molar-refractivity contribution >= 4 is 5.69 Å². The fraction of sp³-hybridized carbons (Fsp3) is 0.214. The van der Waals surface area contributed by atoms with Crippen LogP contribution in [0.3, 0.4) is 0 Å². The third-order valence-corrected chi connectivity index (χ3v) is 2.87. The number of pyridine rings is 1. The fourth-order valence-electron chi connectivity index (χ4n) is 1.74. The Morgan fingerprint density at radius 2 is 2.10 bits per heavy atom. The molecule has 0 fully saturated rings. The van der Waals surface area contributed by atoms with Crippen molar-refractivity contribution < 1.29 is 9.66 Å². The lowest BCUT2D eigenvalue weighted by Gasteiger charge is -2.10. The van der Waals surface area contributed by atoms with Gasteiger partial charge in [0, 0.05) is 30.4 Å². The van der Waals surface area contributed by atoms with Crippen LogP contribution in [-0.2, 0) is 0 Å². The largest absolute Gasteiger partial charge is 0.439 e. The van der Waals surface area contributed by atoms with E-state index in [1.165, 1.54) is 12.1 Å². The van der Waals surface area contributed by atoms with Crippen molar-refractivity contribution in [2.45, 2.75) is 19.9 Å². The molecular weight excluding hydrogens is 258 g/mol. The smallest absolute Gasteiger partial charge is 0.269 e. The highest BCUT2D eigenvalue weighted by atomic mass is 16.6. The van der Waals surface area contributed by atoms with Gasteiger partial charge in [-0.15, -0.1) is 0 Å². The van der Waals surface area contributed by atoms with Crippen LogP contribution in [0.2, 0.25) is 0 Å².